The van der Waals surface area contributed by atoms with Crippen LogP contribution in [0.15, 0.2) is 36.4 Å². The van der Waals surface area contributed by atoms with Crippen LogP contribution < -0.4 is 4.74 Å². The normalized spacial score (nSPS) is 11.1. The van der Waals surface area contributed by atoms with Crippen molar-refractivity contribution in [2.75, 3.05) is 6.61 Å². The molecule has 0 aromatic heterocycles. The Bertz CT molecular complexity index is 493. The standard InChI is InChI=1S/C25H40O2/c1-2-3-4-5-6-7-8-9-10-11-12-13-14-15-16-17-21-27-25-20-18-19-24(22-25)23-26/h9-10,18-20,22-23H,2-8,11-17,21H2,1H3/b10-9+. The monoisotopic (exact) mass is 372 g/mol. The first-order valence-corrected chi connectivity index (χ1v) is 11.2. The van der Waals surface area contributed by atoms with Crippen molar-refractivity contribution in [1.82, 2.24) is 0 Å². The number of aldehydes is 1. The summed E-state index contributed by atoms with van der Waals surface area (Å²) in [6.45, 7) is 3.01. The fraction of sp³-hybridized carbons (Fsp3) is 0.640. The Hall–Kier alpha value is -1.57. The van der Waals surface area contributed by atoms with E-state index < -0.39 is 0 Å². The quantitative estimate of drug-likeness (QED) is 0.149. The van der Waals surface area contributed by atoms with Crippen LogP contribution in [-0.2, 0) is 0 Å². The summed E-state index contributed by atoms with van der Waals surface area (Å²) in [5.74, 6) is 0.798. The highest BCUT2D eigenvalue weighted by atomic mass is 16.5. The fourth-order valence-electron chi connectivity index (χ4n) is 3.22. The number of carbonyl (C=O) groups excluding carboxylic acids is 1. The number of carbonyl (C=O) groups is 1. The molecule has 27 heavy (non-hydrogen) atoms. The van der Waals surface area contributed by atoms with Crippen LogP contribution >= 0.6 is 0 Å². The number of hydrogen-bond donors (Lipinski definition) is 0. The first kappa shape index (κ1) is 23.5. The average molecular weight is 373 g/mol. The summed E-state index contributed by atoms with van der Waals surface area (Å²) in [7, 11) is 0. The van der Waals surface area contributed by atoms with E-state index in [1.807, 2.05) is 12.1 Å². The molecule has 2 heteroatoms. The highest BCUT2D eigenvalue weighted by molar-refractivity contribution is 5.75. The molecular formula is C25H40O2. The predicted octanol–water partition coefficient (Wildman–Crippen LogP) is 7.92. The van der Waals surface area contributed by atoms with Crippen LogP contribution in [0.2, 0.25) is 0 Å². The summed E-state index contributed by atoms with van der Waals surface area (Å²) >= 11 is 0. The lowest BCUT2D eigenvalue weighted by molar-refractivity contribution is 0.112. The third-order valence-corrected chi connectivity index (χ3v) is 4.92. The molecule has 0 N–H and O–H groups in total. The zero-order chi connectivity index (χ0) is 19.4. The highest BCUT2D eigenvalue weighted by Gasteiger charge is 1.96. The molecule has 0 saturated heterocycles. The molecule has 2 nitrogen and oxygen atoms in total. The van der Waals surface area contributed by atoms with Gasteiger partial charge in [0.2, 0.25) is 0 Å². The third-order valence-electron chi connectivity index (χ3n) is 4.92. The maximum atomic E-state index is 10.7. The van der Waals surface area contributed by atoms with Crippen molar-refractivity contribution >= 4 is 6.29 Å². The zero-order valence-electron chi connectivity index (χ0n) is 17.5. The molecule has 0 amide bonds. The molecule has 1 rings (SSSR count). The van der Waals surface area contributed by atoms with E-state index in [9.17, 15) is 4.79 Å². The van der Waals surface area contributed by atoms with Gasteiger partial charge in [-0.25, -0.2) is 0 Å². The first-order valence-electron chi connectivity index (χ1n) is 11.2. The summed E-state index contributed by atoms with van der Waals surface area (Å²) < 4.78 is 5.70. The lowest BCUT2D eigenvalue weighted by atomic mass is 10.1. The number of allylic oxidation sites excluding steroid dienone is 2. The number of benzene rings is 1. The summed E-state index contributed by atoms with van der Waals surface area (Å²) in [6, 6.07) is 7.37. The molecule has 1 aromatic rings. The summed E-state index contributed by atoms with van der Waals surface area (Å²) in [5, 5.41) is 0. The number of rotatable bonds is 18. The van der Waals surface area contributed by atoms with Gasteiger partial charge in [0.15, 0.2) is 0 Å². The van der Waals surface area contributed by atoms with Crippen molar-refractivity contribution in [2.24, 2.45) is 0 Å². The van der Waals surface area contributed by atoms with Crippen LogP contribution in [0.25, 0.3) is 0 Å². The lowest BCUT2D eigenvalue weighted by Gasteiger charge is -2.06. The molecule has 0 spiro atoms. The fourth-order valence-corrected chi connectivity index (χ4v) is 3.22. The average Bonchev–Trinajstić information content (AvgIpc) is 2.70. The number of unbranched alkanes of at least 4 members (excludes halogenated alkanes) is 12. The van der Waals surface area contributed by atoms with Crippen molar-refractivity contribution in [3.05, 3.63) is 42.0 Å². The van der Waals surface area contributed by atoms with Crippen LogP contribution in [0.1, 0.15) is 107 Å². The molecule has 0 atom stereocenters. The van der Waals surface area contributed by atoms with Crippen LogP contribution in [-0.4, -0.2) is 12.9 Å². The number of ether oxygens (including phenoxy) is 1. The molecule has 0 aliphatic carbocycles. The minimum atomic E-state index is 0.675. The van der Waals surface area contributed by atoms with Gasteiger partial charge in [-0.3, -0.25) is 4.79 Å². The second-order valence-corrected chi connectivity index (χ2v) is 7.48. The molecule has 0 aliphatic rings. The third kappa shape index (κ3) is 14.2. The minimum Gasteiger partial charge on any atom is -0.494 e. The van der Waals surface area contributed by atoms with E-state index in [0.717, 1.165) is 25.1 Å². The van der Waals surface area contributed by atoms with Gasteiger partial charge in [-0.15, -0.1) is 0 Å². The van der Waals surface area contributed by atoms with Gasteiger partial charge in [-0.2, -0.15) is 0 Å². The van der Waals surface area contributed by atoms with Gasteiger partial charge in [0.05, 0.1) is 6.61 Å². The van der Waals surface area contributed by atoms with E-state index in [4.69, 9.17) is 4.74 Å². The maximum Gasteiger partial charge on any atom is 0.150 e. The lowest BCUT2D eigenvalue weighted by Crippen LogP contribution is -1.97. The van der Waals surface area contributed by atoms with Crippen molar-refractivity contribution in [1.29, 1.82) is 0 Å². The minimum absolute atomic E-state index is 0.675. The largest absolute Gasteiger partial charge is 0.494 e. The Balaban J connectivity index is 1.82. The molecule has 0 bridgehead atoms. The number of hydrogen-bond acceptors (Lipinski definition) is 2. The second-order valence-electron chi connectivity index (χ2n) is 7.48. The Kier molecular flexibility index (Phi) is 15.5. The topological polar surface area (TPSA) is 26.3 Å². The Labute approximate surface area is 167 Å². The molecule has 0 heterocycles. The van der Waals surface area contributed by atoms with Crippen molar-refractivity contribution in [2.45, 2.75) is 96.8 Å². The van der Waals surface area contributed by atoms with E-state index in [1.54, 1.807) is 12.1 Å². The van der Waals surface area contributed by atoms with Gasteiger partial charge in [-0.05, 0) is 44.2 Å². The summed E-state index contributed by atoms with van der Waals surface area (Å²) in [6.07, 6.45) is 24.1. The molecular weight excluding hydrogens is 332 g/mol. The van der Waals surface area contributed by atoms with Gasteiger partial charge in [0.1, 0.15) is 12.0 Å². The molecule has 0 aliphatic heterocycles. The van der Waals surface area contributed by atoms with E-state index in [-0.39, 0.29) is 0 Å². The van der Waals surface area contributed by atoms with Crippen LogP contribution in [0.3, 0.4) is 0 Å². The molecule has 0 saturated carbocycles. The van der Waals surface area contributed by atoms with E-state index in [1.165, 1.54) is 83.5 Å². The molecule has 0 unspecified atom stereocenters. The molecule has 1 aromatic carbocycles. The van der Waals surface area contributed by atoms with Crippen molar-refractivity contribution in [3.8, 4) is 5.75 Å². The van der Waals surface area contributed by atoms with Crippen molar-refractivity contribution in [3.63, 3.8) is 0 Å². The Morgan fingerprint density at radius 1 is 0.778 bits per heavy atom. The van der Waals surface area contributed by atoms with Crippen LogP contribution in [0.5, 0.6) is 5.75 Å². The van der Waals surface area contributed by atoms with E-state index in [0.29, 0.717) is 5.56 Å². The van der Waals surface area contributed by atoms with Gasteiger partial charge < -0.3 is 4.74 Å². The van der Waals surface area contributed by atoms with E-state index >= 15 is 0 Å². The molecule has 0 fully saturated rings. The summed E-state index contributed by atoms with van der Waals surface area (Å²) in [5.41, 5.74) is 0.675. The predicted molar refractivity (Wildman–Crippen MR) is 117 cm³/mol. The molecule has 152 valence electrons. The SMILES string of the molecule is CCCCCCCC/C=C/CCCCCCCCOc1cccc(C=O)c1. The van der Waals surface area contributed by atoms with Gasteiger partial charge >= 0.3 is 0 Å². The van der Waals surface area contributed by atoms with Crippen LogP contribution in [0.4, 0.5) is 0 Å². The second kappa shape index (κ2) is 17.8. The maximum absolute atomic E-state index is 10.7. The van der Waals surface area contributed by atoms with Gasteiger partial charge in [-0.1, -0.05) is 89.0 Å². The Morgan fingerprint density at radius 3 is 2.00 bits per heavy atom. The smallest absolute Gasteiger partial charge is 0.150 e. The molecule has 0 radical (unpaired) electrons. The van der Waals surface area contributed by atoms with Crippen molar-refractivity contribution < 1.29 is 9.53 Å². The first-order chi connectivity index (χ1) is 13.4. The van der Waals surface area contributed by atoms with E-state index in [2.05, 4.69) is 19.1 Å². The Morgan fingerprint density at radius 2 is 1.37 bits per heavy atom. The summed E-state index contributed by atoms with van der Waals surface area (Å²) in [4.78, 5) is 10.7. The van der Waals surface area contributed by atoms with Crippen LogP contribution in [0, 0.1) is 0 Å². The van der Waals surface area contributed by atoms with Gasteiger partial charge in [0.25, 0.3) is 0 Å². The van der Waals surface area contributed by atoms with Gasteiger partial charge in [0, 0.05) is 5.56 Å². The highest BCUT2D eigenvalue weighted by Crippen LogP contribution is 2.13. The zero-order valence-corrected chi connectivity index (χ0v) is 17.5.